The fourth-order valence-corrected chi connectivity index (χ4v) is 2.25. The van der Waals surface area contributed by atoms with Crippen LogP contribution in [0.25, 0.3) is 10.8 Å². The van der Waals surface area contributed by atoms with Gasteiger partial charge in [0.25, 0.3) is 0 Å². The van der Waals surface area contributed by atoms with E-state index in [1.165, 1.54) is 0 Å². The molecule has 1 aliphatic heterocycles. The van der Waals surface area contributed by atoms with Crippen LogP contribution >= 0.6 is 0 Å². The molecular formula is C13H15N3O. The molecule has 88 valence electrons. The van der Waals surface area contributed by atoms with Crippen molar-refractivity contribution in [2.45, 2.75) is 19.9 Å². The number of nitrogens with one attached hydrogen (secondary N) is 2. The van der Waals surface area contributed by atoms with Gasteiger partial charge in [0.05, 0.1) is 11.4 Å². The predicted octanol–water partition coefficient (Wildman–Crippen LogP) is 2.61. The molecule has 2 aromatic rings. The molecule has 0 atom stereocenters. The van der Waals surface area contributed by atoms with Gasteiger partial charge in [-0.15, -0.1) is 5.53 Å². The monoisotopic (exact) mass is 229 g/mol. The summed E-state index contributed by atoms with van der Waals surface area (Å²) < 4.78 is 0. The summed E-state index contributed by atoms with van der Waals surface area (Å²) in [5.74, 6) is 0.315. The van der Waals surface area contributed by atoms with E-state index in [4.69, 9.17) is 0 Å². The van der Waals surface area contributed by atoms with Gasteiger partial charge in [0.15, 0.2) is 0 Å². The van der Waals surface area contributed by atoms with E-state index in [1.807, 2.05) is 29.3 Å². The zero-order valence-corrected chi connectivity index (χ0v) is 9.86. The van der Waals surface area contributed by atoms with E-state index >= 15 is 0 Å². The Morgan fingerprint density at radius 1 is 1.18 bits per heavy atom. The Morgan fingerprint density at radius 2 is 1.88 bits per heavy atom. The Hall–Kier alpha value is -1.94. The maximum atomic E-state index is 10.1. The molecule has 0 saturated carbocycles. The molecule has 0 saturated heterocycles. The summed E-state index contributed by atoms with van der Waals surface area (Å²) in [6, 6.07) is 9.94. The third-order valence-electron chi connectivity index (χ3n) is 3.08. The summed E-state index contributed by atoms with van der Waals surface area (Å²) in [7, 11) is 0. The van der Waals surface area contributed by atoms with Crippen molar-refractivity contribution in [3.05, 3.63) is 30.3 Å². The molecule has 1 heterocycles. The number of hydrogen-bond donors (Lipinski definition) is 3. The van der Waals surface area contributed by atoms with Gasteiger partial charge in [-0.1, -0.05) is 24.3 Å². The van der Waals surface area contributed by atoms with Crippen LogP contribution in [0.15, 0.2) is 30.3 Å². The highest BCUT2D eigenvalue weighted by Crippen LogP contribution is 2.41. The molecule has 0 spiro atoms. The molecule has 2 aromatic carbocycles. The number of nitrogens with zero attached hydrogens (tertiary/aromatic N) is 1. The van der Waals surface area contributed by atoms with Crippen LogP contribution in [0.1, 0.15) is 13.8 Å². The second kappa shape index (κ2) is 3.53. The van der Waals surface area contributed by atoms with Gasteiger partial charge < -0.3 is 10.5 Å². The Morgan fingerprint density at radius 3 is 2.59 bits per heavy atom. The number of hydrogen-bond acceptors (Lipinski definition) is 4. The minimum atomic E-state index is 0.310. The number of phenols is 1. The Labute approximate surface area is 99.8 Å². The lowest BCUT2D eigenvalue weighted by molar-refractivity contribution is 0.481. The van der Waals surface area contributed by atoms with E-state index in [0.29, 0.717) is 11.8 Å². The zero-order chi connectivity index (χ0) is 12.0. The lowest BCUT2D eigenvalue weighted by Crippen LogP contribution is -2.41. The number of phenolic OH excluding ortho intramolecular Hbond substituents is 1. The molecule has 0 aliphatic carbocycles. The van der Waals surface area contributed by atoms with Gasteiger partial charge in [-0.25, -0.2) is 0 Å². The largest absolute Gasteiger partial charge is 0.507 e. The zero-order valence-electron chi connectivity index (χ0n) is 9.86. The van der Waals surface area contributed by atoms with Gasteiger partial charge in [0, 0.05) is 22.9 Å². The third-order valence-corrected chi connectivity index (χ3v) is 3.08. The fourth-order valence-electron chi connectivity index (χ4n) is 2.25. The first-order valence-electron chi connectivity index (χ1n) is 5.74. The topological polar surface area (TPSA) is 47.5 Å². The molecule has 0 aromatic heterocycles. The molecule has 0 amide bonds. The van der Waals surface area contributed by atoms with Crippen LogP contribution < -0.4 is 16.0 Å². The number of benzene rings is 2. The normalized spacial score (nSPS) is 14.2. The Balaban J connectivity index is 2.29. The maximum Gasteiger partial charge on any atom is 0.125 e. The van der Waals surface area contributed by atoms with E-state index < -0.39 is 0 Å². The van der Waals surface area contributed by atoms with Crippen molar-refractivity contribution in [3.63, 3.8) is 0 Å². The molecule has 4 nitrogen and oxygen atoms in total. The highest BCUT2D eigenvalue weighted by molar-refractivity contribution is 6.04. The average Bonchev–Trinajstić information content (AvgIpc) is 2.73. The van der Waals surface area contributed by atoms with Gasteiger partial charge >= 0.3 is 0 Å². The van der Waals surface area contributed by atoms with Gasteiger partial charge in [-0.3, -0.25) is 5.01 Å². The number of fused-ring (bicyclic) bond motifs is 3. The molecule has 4 heteroatoms. The van der Waals surface area contributed by atoms with Crippen molar-refractivity contribution in [3.8, 4) is 5.75 Å². The van der Waals surface area contributed by atoms with Gasteiger partial charge in [-0.2, -0.15) is 0 Å². The second-order valence-corrected chi connectivity index (χ2v) is 4.54. The quantitative estimate of drug-likeness (QED) is 0.658. The minimum absolute atomic E-state index is 0.310. The number of aromatic hydroxyl groups is 1. The Bertz CT molecular complexity index is 580. The van der Waals surface area contributed by atoms with Crippen LogP contribution in [0.5, 0.6) is 5.75 Å². The SMILES string of the molecule is CC(C)N1NNc2c1cc(O)c1ccccc21. The standard InChI is InChI=1S/C13H15N3O/c1-8(2)16-11-7-12(17)9-5-3-4-6-10(9)13(11)14-15-16/h3-8,14-15,17H,1-2H3. The molecular weight excluding hydrogens is 214 g/mol. The second-order valence-electron chi connectivity index (χ2n) is 4.54. The van der Waals surface area contributed by atoms with E-state index in [2.05, 4.69) is 24.8 Å². The predicted molar refractivity (Wildman–Crippen MR) is 70.0 cm³/mol. The van der Waals surface area contributed by atoms with Crippen molar-refractivity contribution in [2.24, 2.45) is 0 Å². The lowest BCUT2D eigenvalue weighted by Gasteiger charge is -2.22. The van der Waals surface area contributed by atoms with Crippen molar-refractivity contribution >= 4 is 22.1 Å². The first kappa shape index (κ1) is 10.2. The smallest absolute Gasteiger partial charge is 0.125 e. The summed E-state index contributed by atoms with van der Waals surface area (Å²) in [6.07, 6.45) is 0. The van der Waals surface area contributed by atoms with Crippen molar-refractivity contribution < 1.29 is 5.11 Å². The van der Waals surface area contributed by atoms with Crippen LogP contribution in [0.3, 0.4) is 0 Å². The highest BCUT2D eigenvalue weighted by atomic mass is 16.3. The third kappa shape index (κ3) is 1.41. The summed E-state index contributed by atoms with van der Waals surface area (Å²) in [6.45, 7) is 4.19. The van der Waals surface area contributed by atoms with Gasteiger partial charge in [-0.05, 0) is 13.8 Å². The molecule has 3 rings (SSSR count). The number of anilines is 2. The van der Waals surface area contributed by atoms with E-state index in [1.54, 1.807) is 6.07 Å². The van der Waals surface area contributed by atoms with Crippen LogP contribution in [-0.4, -0.2) is 11.1 Å². The summed E-state index contributed by atoms with van der Waals surface area (Å²) >= 11 is 0. The molecule has 3 N–H and O–H groups in total. The van der Waals surface area contributed by atoms with Crippen molar-refractivity contribution in [2.75, 3.05) is 10.4 Å². The van der Waals surface area contributed by atoms with Crippen LogP contribution in [0.2, 0.25) is 0 Å². The highest BCUT2D eigenvalue weighted by Gasteiger charge is 2.24. The first-order chi connectivity index (χ1) is 8.18. The summed E-state index contributed by atoms with van der Waals surface area (Å²) in [5.41, 5.74) is 8.28. The summed E-state index contributed by atoms with van der Waals surface area (Å²) in [4.78, 5) is 0. The summed E-state index contributed by atoms with van der Waals surface area (Å²) in [5, 5.41) is 13.9. The van der Waals surface area contributed by atoms with E-state index in [-0.39, 0.29) is 0 Å². The number of rotatable bonds is 1. The molecule has 0 unspecified atom stereocenters. The minimum Gasteiger partial charge on any atom is -0.507 e. The molecule has 0 bridgehead atoms. The first-order valence-corrected chi connectivity index (χ1v) is 5.74. The molecule has 0 fully saturated rings. The Kier molecular flexibility index (Phi) is 2.12. The van der Waals surface area contributed by atoms with Gasteiger partial charge in [0.2, 0.25) is 0 Å². The van der Waals surface area contributed by atoms with E-state index in [9.17, 15) is 5.11 Å². The maximum absolute atomic E-state index is 10.1. The molecule has 0 radical (unpaired) electrons. The van der Waals surface area contributed by atoms with E-state index in [0.717, 1.165) is 22.1 Å². The fraction of sp³-hybridized carbons (Fsp3) is 0.231. The van der Waals surface area contributed by atoms with Crippen molar-refractivity contribution in [1.82, 2.24) is 5.53 Å². The van der Waals surface area contributed by atoms with Crippen LogP contribution in [0.4, 0.5) is 11.4 Å². The van der Waals surface area contributed by atoms with Gasteiger partial charge in [0.1, 0.15) is 5.75 Å². The van der Waals surface area contributed by atoms with Crippen LogP contribution in [-0.2, 0) is 0 Å². The number of hydrazine groups is 2. The molecule has 1 aliphatic rings. The lowest BCUT2D eigenvalue weighted by atomic mass is 10.1. The molecule has 17 heavy (non-hydrogen) atoms. The van der Waals surface area contributed by atoms with Crippen LogP contribution in [0, 0.1) is 0 Å². The average molecular weight is 229 g/mol. The van der Waals surface area contributed by atoms with Crippen molar-refractivity contribution in [1.29, 1.82) is 0 Å².